The van der Waals surface area contributed by atoms with Crippen LogP contribution in [0.2, 0.25) is 0 Å². The second-order valence-corrected chi connectivity index (χ2v) is 19.6. The Balaban J connectivity index is -0.000000180. The molecule has 0 spiro atoms. The van der Waals surface area contributed by atoms with E-state index in [1.54, 1.807) is 14.2 Å². The lowest BCUT2D eigenvalue weighted by Crippen LogP contribution is -2.08. The summed E-state index contributed by atoms with van der Waals surface area (Å²) in [5.74, 6) is 4.71. The number of hydrogen-bond acceptors (Lipinski definition) is 5. The highest BCUT2D eigenvalue weighted by Crippen LogP contribution is 2.31. The van der Waals surface area contributed by atoms with Crippen molar-refractivity contribution in [3.8, 4) is 0 Å². The van der Waals surface area contributed by atoms with Crippen LogP contribution in [0.15, 0.2) is 0 Å². The van der Waals surface area contributed by atoms with Crippen LogP contribution in [0.4, 0.5) is 0 Å². The molecule has 1 atom stereocenters. The van der Waals surface area contributed by atoms with Crippen LogP contribution in [-0.2, 0) is 24.0 Å². The number of sulfone groups is 1. The van der Waals surface area contributed by atoms with E-state index in [4.69, 9.17) is 14.2 Å². The average Bonchev–Trinajstić information content (AvgIpc) is 3.90. The maximum atomic E-state index is 10.2. The van der Waals surface area contributed by atoms with Gasteiger partial charge in [0.05, 0.1) is 6.10 Å². The standard InChI is InChI=1S/C8H16.C6H12O.C6H12.C5H12O.2C5H10.C5H12.C4H10O2S.C4H10O.C4H10/c1-2-8-6-4-3-5-7-8;1-2-6-4-3-5-7-6;1-2-6-4-3-5-6;1-3-4-5-6-2;1-5-3-2-4-5;1-2-5-3-4-5;1-3-5-4-2;1-3-4-7(2,5)6;1-3-4-5-2;1-3-4-2/h8H,2-7H2,1H3;6H,2-5H2,1H3;6H,2-5H2,1H3;3-5H2,1-2H3;2*5H,2-4H2,1H3;3-5H2,1-2H3;3-4H2,1-2H3;3-4H2,1-2H3;3-4H2,1-2H3. The average molecular weight is 852 g/mol. The van der Waals surface area contributed by atoms with Gasteiger partial charge in [-0.25, -0.2) is 8.42 Å². The van der Waals surface area contributed by atoms with Crippen LogP contribution in [0, 0.1) is 23.7 Å². The van der Waals surface area contributed by atoms with E-state index in [2.05, 4.69) is 76.2 Å². The lowest BCUT2D eigenvalue weighted by Gasteiger charge is -2.22. The van der Waals surface area contributed by atoms with Crippen LogP contribution in [0.3, 0.4) is 0 Å². The number of unbranched alkanes of at least 4 members (excludes halogenated alkanes) is 4. The molecule has 1 saturated heterocycles. The minimum atomic E-state index is -2.67. The highest BCUT2D eigenvalue weighted by molar-refractivity contribution is 7.90. The lowest BCUT2D eigenvalue weighted by atomic mass is 9.84. The second-order valence-electron chi connectivity index (χ2n) is 17.4. The van der Waals surface area contributed by atoms with Crippen LogP contribution < -0.4 is 0 Å². The van der Waals surface area contributed by atoms with E-state index >= 15 is 0 Å². The van der Waals surface area contributed by atoms with Gasteiger partial charge in [0.15, 0.2) is 0 Å². The summed E-state index contributed by atoms with van der Waals surface area (Å²) >= 11 is 0. The summed E-state index contributed by atoms with van der Waals surface area (Å²) in [4.78, 5) is 0. The van der Waals surface area contributed by atoms with Gasteiger partial charge in [-0.2, -0.15) is 0 Å². The van der Waals surface area contributed by atoms with Gasteiger partial charge in [-0.1, -0.05) is 224 Å². The summed E-state index contributed by atoms with van der Waals surface area (Å²) in [5, 5.41) is 0. The molecular formula is C52H114O5S. The topological polar surface area (TPSA) is 61.8 Å². The summed E-state index contributed by atoms with van der Waals surface area (Å²) in [6, 6.07) is 0. The van der Waals surface area contributed by atoms with Gasteiger partial charge in [0.2, 0.25) is 0 Å². The fourth-order valence-corrected chi connectivity index (χ4v) is 6.56. The summed E-state index contributed by atoms with van der Waals surface area (Å²) in [6.07, 6.45) is 40.3. The molecule has 1 unspecified atom stereocenters. The molecule has 0 aromatic carbocycles. The Morgan fingerprint density at radius 3 is 1.00 bits per heavy atom. The van der Waals surface area contributed by atoms with E-state index < -0.39 is 9.84 Å². The van der Waals surface area contributed by atoms with Gasteiger partial charge in [-0.3, -0.25) is 0 Å². The van der Waals surface area contributed by atoms with Gasteiger partial charge in [0.25, 0.3) is 0 Å². The van der Waals surface area contributed by atoms with Crippen molar-refractivity contribution in [3.05, 3.63) is 0 Å². The van der Waals surface area contributed by atoms with Gasteiger partial charge in [-0.15, -0.1) is 0 Å². The van der Waals surface area contributed by atoms with Crippen molar-refractivity contribution in [3.63, 3.8) is 0 Å². The zero-order valence-electron chi connectivity index (χ0n) is 43.0. The van der Waals surface area contributed by atoms with Gasteiger partial charge in [0.1, 0.15) is 9.84 Å². The predicted octanol–water partition coefficient (Wildman–Crippen LogP) is 17.3. The van der Waals surface area contributed by atoms with E-state index in [1.807, 2.05) is 6.92 Å². The molecule has 4 saturated carbocycles. The Morgan fingerprint density at radius 2 is 0.897 bits per heavy atom. The Morgan fingerprint density at radius 1 is 0.466 bits per heavy atom. The molecule has 5 nitrogen and oxygen atoms in total. The van der Waals surface area contributed by atoms with Crippen molar-refractivity contribution in [2.24, 2.45) is 23.7 Å². The predicted molar refractivity (Wildman–Crippen MR) is 265 cm³/mol. The third-order valence-corrected chi connectivity index (χ3v) is 12.3. The van der Waals surface area contributed by atoms with Crippen molar-refractivity contribution in [1.29, 1.82) is 0 Å². The summed E-state index contributed by atoms with van der Waals surface area (Å²) in [7, 11) is 0.769. The first-order valence-corrected chi connectivity index (χ1v) is 27.7. The smallest absolute Gasteiger partial charge is 0.147 e. The zero-order chi connectivity index (χ0) is 45.1. The molecule has 4 aliphatic carbocycles. The largest absolute Gasteiger partial charge is 0.385 e. The SMILES string of the molecule is CC1CCC1.CCC1CC1.CCC1CCC1.CCC1CCCCC1.CCC1CCCO1.CCCC.CCCCC.CCCCOC.CCCOC.CCCS(C)(=O)=O. The van der Waals surface area contributed by atoms with Crippen LogP contribution in [0.25, 0.3) is 0 Å². The molecule has 5 rings (SSSR count). The summed E-state index contributed by atoms with van der Waals surface area (Å²) < 4.78 is 35.2. The molecule has 0 bridgehead atoms. The van der Waals surface area contributed by atoms with Crippen molar-refractivity contribution in [1.82, 2.24) is 0 Å². The number of rotatable bonds is 14. The van der Waals surface area contributed by atoms with Gasteiger partial charge in [-0.05, 0) is 62.2 Å². The fraction of sp³-hybridized carbons (Fsp3) is 1.00. The first-order chi connectivity index (χ1) is 27.8. The molecule has 1 heterocycles. The summed E-state index contributed by atoms with van der Waals surface area (Å²) in [6.45, 7) is 29.0. The molecule has 0 N–H and O–H groups in total. The minimum absolute atomic E-state index is 0.312. The third-order valence-electron chi connectivity index (χ3n) is 11.1. The van der Waals surface area contributed by atoms with Gasteiger partial charge >= 0.3 is 0 Å². The molecule has 0 aromatic heterocycles. The quantitative estimate of drug-likeness (QED) is 0.163. The van der Waals surface area contributed by atoms with Crippen molar-refractivity contribution in [2.75, 3.05) is 46.0 Å². The molecule has 58 heavy (non-hydrogen) atoms. The van der Waals surface area contributed by atoms with E-state index in [0.717, 1.165) is 56.3 Å². The maximum Gasteiger partial charge on any atom is 0.147 e. The first kappa shape index (κ1) is 66.9. The second kappa shape index (κ2) is 56.8. The maximum absolute atomic E-state index is 10.2. The highest BCUT2D eigenvalue weighted by Gasteiger charge is 2.17. The Kier molecular flexibility index (Phi) is 65.6. The molecule has 358 valence electrons. The van der Waals surface area contributed by atoms with Crippen LogP contribution >= 0.6 is 0 Å². The molecule has 0 aromatic rings. The number of ether oxygens (including phenoxy) is 3. The van der Waals surface area contributed by atoms with Crippen LogP contribution in [0.1, 0.15) is 263 Å². The third kappa shape index (κ3) is 67.6. The number of hydrogen-bond donors (Lipinski definition) is 0. The zero-order valence-corrected chi connectivity index (χ0v) is 43.8. The Hall–Kier alpha value is -0.170. The molecule has 5 fully saturated rings. The summed E-state index contributed by atoms with van der Waals surface area (Å²) in [5.41, 5.74) is 0. The minimum Gasteiger partial charge on any atom is -0.385 e. The van der Waals surface area contributed by atoms with Gasteiger partial charge < -0.3 is 14.2 Å². The van der Waals surface area contributed by atoms with Crippen molar-refractivity contribution >= 4 is 9.84 Å². The molecular weight excluding hydrogens is 737 g/mol. The normalized spacial score (nSPS) is 18.0. The number of methoxy groups -OCH3 is 2. The molecule has 5 aliphatic rings. The van der Waals surface area contributed by atoms with Crippen LogP contribution in [0.5, 0.6) is 0 Å². The Bertz CT molecular complexity index is 746. The lowest BCUT2D eigenvalue weighted by molar-refractivity contribution is 0.108. The van der Waals surface area contributed by atoms with E-state index in [-0.39, 0.29) is 0 Å². The molecule has 1 aliphatic heterocycles. The molecule has 0 amide bonds. The highest BCUT2D eigenvalue weighted by atomic mass is 32.2. The van der Waals surface area contributed by atoms with E-state index in [9.17, 15) is 8.42 Å². The molecule has 0 radical (unpaired) electrons. The van der Waals surface area contributed by atoms with Gasteiger partial charge in [0, 0.05) is 46.0 Å². The Labute approximate surface area is 369 Å². The van der Waals surface area contributed by atoms with Crippen molar-refractivity contribution < 1.29 is 22.6 Å². The van der Waals surface area contributed by atoms with Crippen molar-refractivity contribution in [2.45, 2.75) is 269 Å². The van der Waals surface area contributed by atoms with E-state index in [1.165, 1.54) is 173 Å². The first-order valence-electron chi connectivity index (χ1n) is 25.6. The fourth-order valence-electron chi connectivity index (χ4n) is 5.82. The molecule has 6 heteroatoms. The van der Waals surface area contributed by atoms with E-state index in [0.29, 0.717) is 11.9 Å². The van der Waals surface area contributed by atoms with Crippen LogP contribution in [-0.4, -0.2) is 60.6 Å². The monoisotopic (exact) mass is 851 g/mol.